The molecule has 0 amide bonds. The maximum Gasteiger partial charge on any atom is 0.0307 e. The largest absolute Gasteiger partial charge is 0.324 e. The van der Waals surface area contributed by atoms with Crippen LogP contribution in [0.25, 0.3) is 0 Å². The molecular weight excluding hydrogens is 246 g/mol. The first-order valence-electron chi connectivity index (χ1n) is 7.93. The third-order valence-electron chi connectivity index (χ3n) is 4.65. The predicted octanol–water partition coefficient (Wildman–Crippen LogP) is 2.49. The molecule has 0 bridgehead atoms. The number of hydrogen-bond acceptors (Lipinski definition) is 3. The highest BCUT2D eigenvalue weighted by Crippen LogP contribution is 2.18. The molecule has 1 aromatic carbocycles. The van der Waals surface area contributed by atoms with E-state index in [4.69, 9.17) is 5.73 Å². The van der Waals surface area contributed by atoms with Crippen LogP contribution in [0.1, 0.15) is 37.8 Å². The molecule has 112 valence electrons. The van der Waals surface area contributed by atoms with Crippen LogP contribution in [-0.2, 0) is 0 Å². The molecule has 0 aromatic heterocycles. The molecule has 1 unspecified atom stereocenters. The van der Waals surface area contributed by atoms with E-state index >= 15 is 0 Å². The fourth-order valence-electron chi connectivity index (χ4n) is 3.07. The molecular formula is C17H29N3. The van der Waals surface area contributed by atoms with Gasteiger partial charge in [0.2, 0.25) is 0 Å². The number of rotatable bonds is 6. The van der Waals surface area contributed by atoms with Gasteiger partial charge >= 0.3 is 0 Å². The van der Waals surface area contributed by atoms with Crippen LogP contribution in [0.5, 0.6) is 0 Å². The summed E-state index contributed by atoms with van der Waals surface area (Å²) < 4.78 is 0. The van der Waals surface area contributed by atoms with E-state index in [-0.39, 0.29) is 6.04 Å². The van der Waals surface area contributed by atoms with Crippen molar-refractivity contribution in [3.8, 4) is 0 Å². The van der Waals surface area contributed by atoms with Gasteiger partial charge in [-0.15, -0.1) is 0 Å². The standard InChI is InChI=1S/C17H29N3/c1-3-20-13-9-16(10-14-20)19(2)12-11-17(18)15-7-5-4-6-8-15/h4-8,16-17H,3,9-14,18H2,1-2H3. The van der Waals surface area contributed by atoms with E-state index < -0.39 is 0 Å². The van der Waals surface area contributed by atoms with Crippen LogP contribution in [0.15, 0.2) is 30.3 Å². The summed E-state index contributed by atoms with van der Waals surface area (Å²) in [5.41, 5.74) is 7.53. The second-order valence-corrected chi connectivity index (χ2v) is 5.95. The van der Waals surface area contributed by atoms with Crippen molar-refractivity contribution in [3.63, 3.8) is 0 Å². The first kappa shape index (κ1) is 15.5. The van der Waals surface area contributed by atoms with Gasteiger partial charge in [-0.05, 0) is 58.1 Å². The summed E-state index contributed by atoms with van der Waals surface area (Å²) in [5, 5.41) is 0. The Morgan fingerprint density at radius 2 is 1.90 bits per heavy atom. The Balaban J connectivity index is 1.74. The highest BCUT2D eigenvalue weighted by molar-refractivity contribution is 5.18. The molecule has 1 aromatic rings. The second-order valence-electron chi connectivity index (χ2n) is 5.95. The van der Waals surface area contributed by atoms with Gasteiger partial charge in [0.25, 0.3) is 0 Å². The van der Waals surface area contributed by atoms with Crippen LogP contribution in [0.2, 0.25) is 0 Å². The van der Waals surface area contributed by atoms with Gasteiger partial charge < -0.3 is 15.5 Å². The zero-order chi connectivity index (χ0) is 14.4. The van der Waals surface area contributed by atoms with E-state index in [1.807, 2.05) is 6.07 Å². The van der Waals surface area contributed by atoms with Crippen molar-refractivity contribution in [2.45, 2.75) is 38.3 Å². The van der Waals surface area contributed by atoms with Gasteiger partial charge in [-0.1, -0.05) is 37.3 Å². The molecule has 1 atom stereocenters. The van der Waals surface area contributed by atoms with Gasteiger partial charge in [-0.3, -0.25) is 0 Å². The van der Waals surface area contributed by atoms with Crippen molar-refractivity contribution < 1.29 is 0 Å². The zero-order valence-electron chi connectivity index (χ0n) is 13.0. The third-order valence-corrected chi connectivity index (χ3v) is 4.65. The Hall–Kier alpha value is -0.900. The minimum absolute atomic E-state index is 0.161. The van der Waals surface area contributed by atoms with Crippen molar-refractivity contribution in [1.29, 1.82) is 0 Å². The Morgan fingerprint density at radius 3 is 2.50 bits per heavy atom. The maximum atomic E-state index is 6.28. The van der Waals surface area contributed by atoms with Crippen LogP contribution in [0.3, 0.4) is 0 Å². The van der Waals surface area contributed by atoms with Crippen LogP contribution in [-0.4, -0.2) is 49.1 Å². The number of nitrogens with zero attached hydrogens (tertiary/aromatic N) is 2. The number of hydrogen-bond donors (Lipinski definition) is 1. The molecule has 0 radical (unpaired) electrons. The molecule has 1 saturated heterocycles. The quantitative estimate of drug-likeness (QED) is 0.866. The molecule has 1 heterocycles. The summed E-state index contributed by atoms with van der Waals surface area (Å²) in [5.74, 6) is 0. The summed E-state index contributed by atoms with van der Waals surface area (Å²) in [7, 11) is 2.25. The number of likely N-dealkylation sites (tertiary alicyclic amines) is 1. The first-order chi connectivity index (χ1) is 9.70. The van der Waals surface area contributed by atoms with Crippen molar-refractivity contribution in [1.82, 2.24) is 9.80 Å². The summed E-state index contributed by atoms with van der Waals surface area (Å²) in [6, 6.07) is 11.3. The molecule has 0 aliphatic carbocycles. The molecule has 1 aliphatic rings. The Morgan fingerprint density at radius 1 is 1.25 bits per heavy atom. The van der Waals surface area contributed by atoms with Crippen molar-refractivity contribution in [3.05, 3.63) is 35.9 Å². The van der Waals surface area contributed by atoms with Crippen LogP contribution < -0.4 is 5.73 Å². The Kier molecular flexibility index (Phi) is 6.02. The van der Waals surface area contributed by atoms with Crippen LogP contribution in [0.4, 0.5) is 0 Å². The van der Waals surface area contributed by atoms with Crippen molar-refractivity contribution in [2.75, 3.05) is 33.2 Å². The fraction of sp³-hybridized carbons (Fsp3) is 0.647. The Bertz CT molecular complexity index is 371. The highest BCUT2D eigenvalue weighted by Gasteiger charge is 2.21. The number of piperidine rings is 1. The molecule has 3 heteroatoms. The summed E-state index contributed by atoms with van der Waals surface area (Å²) in [6.07, 6.45) is 3.63. The lowest BCUT2D eigenvalue weighted by Crippen LogP contribution is -2.43. The van der Waals surface area contributed by atoms with E-state index in [2.05, 4.69) is 48.0 Å². The lowest BCUT2D eigenvalue weighted by Gasteiger charge is -2.36. The van der Waals surface area contributed by atoms with Crippen molar-refractivity contribution >= 4 is 0 Å². The first-order valence-corrected chi connectivity index (χ1v) is 7.93. The molecule has 0 spiro atoms. The van der Waals surface area contributed by atoms with Gasteiger partial charge in [-0.25, -0.2) is 0 Å². The monoisotopic (exact) mass is 275 g/mol. The number of benzene rings is 1. The SMILES string of the molecule is CCN1CCC(N(C)CCC(N)c2ccccc2)CC1. The van der Waals surface area contributed by atoms with E-state index in [1.54, 1.807) is 0 Å². The van der Waals surface area contributed by atoms with Gasteiger partial charge in [0.15, 0.2) is 0 Å². The van der Waals surface area contributed by atoms with Gasteiger partial charge in [0.05, 0.1) is 0 Å². The number of nitrogens with two attached hydrogens (primary N) is 1. The third kappa shape index (κ3) is 4.30. The molecule has 0 saturated carbocycles. The molecule has 2 N–H and O–H groups in total. The minimum Gasteiger partial charge on any atom is -0.324 e. The lowest BCUT2D eigenvalue weighted by molar-refractivity contribution is 0.129. The normalized spacial score (nSPS) is 19.4. The summed E-state index contributed by atoms with van der Waals surface area (Å²) in [6.45, 7) is 7.03. The van der Waals surface area contributed by atoms with Crippen LogP contribution >= 0.6 is 0 Å². The average Bonchev–Trinajstić information content (AvgIpc) is 2.53. The Labute approximate surface area is 123 Å². The van der Waals surface area contributed by atoms with Crippen molar-refractivity contribution in [2.24, 2.45) is 5.73 Å². The fourth-order valence-corrected chi connectivity index (χ4v) is 3.07. The van der Waals surface area contributed by atoms with Crippen LogP contribution in [0, 0.1) is 0 Å². The van der Waals surface area contributed by atoms with E-state index in [0.717, 1.165) is 19.0 Å². The average molecular weight is 275 g/mol. The van der Waals surface area contributed by atoms with E-state index in [1.165, 1.54) is 38.0 Å². The molecule has 3 nitrogen and oxygen atoms in total. The van der Waals surface area contributed by atoms with Gasteiger partial charge in [-0.2, -0.15) is 0 Å². The summed E-state index contributed by atoms with van der Waals surface area (Å²) in [4.78, 5) is 5.05. The molecule has 1 fully saturated rings. The second kappa shape index (κ2) is 7.77. The van der Waals surface area contributed by atoms with Gasteiger partial charge in [0, 0.05) is 12.1 Å². The topological polar surface area (TPSA) is 32.5 Å². The highest BCUT2D eigenvalue weighted by atomic mass is 15.2. The molecule has 2 rings (SSSR count). The molecule has 20 heavy (non-hydrogen) atoms. The minimum atomic E-state index is 0.161. The predicted molar refractivity (Wildman–Crippen MR) is 85.8 cm³/mol. The smallest absolute Gasteiger partial charge is 0.0307 e. The van der Waals surface area contributed by atoms with Gasteiger partial charge in [0.1, 0.15) is 0 Å². The van der Waals surface area contributed by atoms with E-state index in [9.17, 15) is 0 Å². The zero-order valence-corrected chi connectivity index (χ0v) is 13.0. The lowest BCUT2D eigenvalue weighted by atomic mass is 10.0. The molecule has 1 aliphatic heterocycles. The van der Waals surface area contributed by atoms with E-state index in [0.29, 0.717) is 0 Å². The maximum absolute atomic E-state index is 6.28. The summed E-state index contributed by atoms with van der Waals surface area (Å²) >= 11 is 0.